The van der Waals surface area contributed by atoms with Crippen LogP contribution in [0.15, 0.2) is 0 Å². The molecule has 3 unspecified atom stereocenters. The summed E-state index contributed by atoms with van der Waals surface area (Å²) in [4.78, 5) is 3.40. The molecular weight excluding hydrogens is 335 g/mol. The van der Waals surface area contributed by atoms with Crippen molar-refractivity contribution < 1.29 is 9.05 Å². The molecule has 1 aliphatic carbocycles. The molecule has 22 heavy (non-hydrogen) atoms. The maximum atomic E-state index is 6.94. The van der Waals surface area contributed by atoms with Gasteiger partial charge < -0.3 is 13.9 Å². The Morgan fingerprint density at radius 3 is 2.27 bits per heavy atom. The Labute approximate surface area is 144 Å². The van der Waals surface area contributed by atoms with Crippen LogP contribution in [0.3, 0.4) is 0 Å². The Hall–Kier alpha value is 0.500. The van der Waals surface area contributed by atoms with E-state index in [2.05, 4.69) is 37.2 Å². The van der Waals surface area contributed by atoms with Crippen molar-refractivity contribution in [1.29, 1.82) is 0 Å². The van der Waals surface area contributed by atoms with Crippen molar-refractivity contribution in [2.45, 2.75) is 75.6 Å². The molecule has 2 bridgehead atoms. The highest BCUT2D eigenvalue weighted by molar-refractivity contribution is 8.77. The first-order chi connectivity index (χ1) is 10.5. The molecule has 2 fully saturated rings. The van der Waals surface area contributed by atoms with Crippen molar-refractivity contribution >= 4 is 30.1 Å². The van der Waals surface area contributed by atoms with Gasteiger partial charge in [0.05, 0.1) is 6.10 Å². The summed E-state index contributed by atoms with van der Waals surface area (Å²) in [6, 6.07) is 0.751. The molecule has 126 valence electrons. The third-order valence-electron chi connectivity index (χ3n) is 3.88. The SMILES string of the molecule is [C-]#[N+]CCOP(OC1C2CCCC1SS2)N(C(C)C)C(C)C. The number of rotatable bonds is 8. The summed E-state index contributed by atoms with van der Waals surface area (Å²) >= 11 is 0. The monoisotopic (exact) mass is 362 g/mol. The smallest absolute Gasteiger partial charge is 0.259 e. The van der Waals surface area contributed by atoms with E-state index in [1.54, 1.807) is 0 Å². The number of hydrogen-bond acceptors (Lipinski definition) is 5. The van der Waals surface area contributed by atoms with Gasteiger partial charge in [0.25, 0.3) is 8.53 Å². The zero-order valence-corrected chi connectivity index (χ0v) is 16.4. The summed E-state index contributed by atoms with van der Waals surface area (Å²) in [5.41, 5.74) is 0. The minimum absolute atomic E-state index is 0.308. The maximum absolute atomic E-state index is 6.94. The zero-order chi connectivity index (χ0) is 16.1. The van der Waals surface area contributed by atoms with Gasteiger partial charge in [-0.15, -0.1) is 0 Å². The Morgan fingerprint density at radius 1 is 1.18 bits per heavy atom. The molecule has 1 saturated heterocycles. The Kier molecular flexibility index (Phi) is 7.80. The first-order valence-electron chi connectivity index (χ1n) is 8.08. The first kappa shape index (κ1) is 18.8. The minimum atomic E-state index is -1.09. The lowest BCUT2D eigenvalue weighted by Gasteiger charge is -2.39. The van der Waals surface area contributed by atoms with Gasteiger partial charge in [-0.1, -0.05) is 28.0 Å². The van der Waals surface area contributed by atoms with Gasteiger partial charge in [-0.25, -0.2) is 11.2 Å². The molecule has 4 nitrogen and oxygen atoms in total. The van der Waals surface area contributed by atoms with Crippen LogP contribution >= 0.6 is 30.1 Å². The Bertz CT molecular complexity index is 368. The quantitative estimate of drug-likeness (QED) is 0.263. The second-order valence-electron chi connectivity index (χ2n) is 6.29. The number of fused-ring (bicyclic) bond motifs is 2. The van der Waals surface area contributed by atoms with Crippen molar-refractivity contribution in [3.8, 4) is 0 Å². The second kappa shape index (κ2) is 9.11. The van der Waals surface area contributed by atoms with Gasteiger partial charge in [-0.3, -0.25) is 0 Å². The molecule has 2 aliphatic rings. The van der Waals surface area contributed by atoms with E-state index >= 15 is 0 Å². The van der Waals surface area contributed by atoms with Crippen molar-refractivity contribution in [2.75, 3.05) is 13.2 Å². The molecule has 1 saturated carbocycles. The zero-order valence-electron chi connectivity index (χ0n) is 13.9. The second-order valence-corrected chi connectivity index (χ2v) is 10.4. The molecule has 0 radical (unpaired) electrons. The molecule has 1 aliphatic heterocycles. The van der Waals surface area contributed by atoms with Crippen LogP contribution in [-0.4, -0.2) is 46.5 Å². The largest absolute Gasteiger partial charge is 0.316 e. The van der Waals surface area contributed by atoms with Gasteiger partial charge >= 0.3 is 0 Å². The summed E-state index contributed by atoms with van der Waals surface area (Å²) in [5.74, 6) is 0. The van der Waals surface area contributed by atoms with E-state index in [1.165, 1.54) is 19.3 Å². The number of hydrogen-bond donors (Lipinski definition) is 0. The summed E-state index contributed by atoms with van der Waals surface area (Å²) < 4.78 is 14.9. The average molecular weight is 363 g/mol. The minimum Gasteiger partial charge on any atom is -0.316 e. The normalized spacial score (nSPS) is 29.3. The summed E-state index contributed by atoms with van der Waals surface area (Å²) in [7, 11) is 2.91. The van der Waals surface area contributed by atoms with E-state index < -0.39 is 8.53 Å². The molecule has 0 amide bonds. The van der Waals surface area contributed by atoms with Crippen LogP contribution < -0.4 is 0 Å². The highest BCUT2D eigenvalue weighted by atomic mass is 33.1. The van der Waals surface area contributed by atoms with E-state index in [0.29, 0.717) is 41.8 Å². The molecule has 0 spiro atoms. The fourth-order valence-corrected chi connectivity index (χ4v) is 8.64. The number of nitrogens with zero attached hydrogens (tertiary/aromatic N) is 2. The Morgan fingerprint density at radius 2 is 1.77 bits per heavy atom. The average Bonchev–Trinajstić information content (AvgIpc) is 2.68. The molecular formula is C15H27N2O2PS2. The van der Waals surface area contributed by atoms with Crippen molar-refractivity contribution in [3.05, 3.63) is 11.4 Å². The lowest BCUT2D eigenvalue weighted by atomic mass is 9.97. The van der Waals surface area contributed by atoms with E-state index in [9.17, 15) is 0 Å². The van der Waals surface area contributed by atoms with Gasteiger partial charge in [0.15, 0.2) is 0 Å². The Balaban J connectivity index is 2.04. The predicted octanol–water partition coefficient (Wildman–Crippen LogP) is 4.97. The van der Waals surface area contributed by atoms with Crippen LogP contribution in [0.1, 0.15) is 47.0 Å². The summed E-state index contributed by atoms with van der Waals surface area (Å²) in [5, 5.41) is 1.22. The molecule has 1 heterocycles. The van der Waals surface area contributed by atoms with Crippen molar-refractivity contribution in [2.24, 2.45) is 0 Å². The molecule has 0 aromatic carbocycles. The highest BCUT2D eigenvalue weighted by Gasteiger charge is 2.44. The summed E-state index contributed by atoms with van der Waals surface area (Å²) in [6.07, 6.45) is 4.15. The molecule has 0 aromatic heterocycles. The van der Waals surface area contributed by atoms with Gasteiger partial charge in [-0.2, -0.15) is 0 Å². The van der Waals surface area contributed by atoms with Crippen LogP contribution in [0.2, 0.25) is 0 Å². The predicted molar refractivity (Wildman–Crippen MR) is 97.9 cm³/mol. The van der Waals surface area contributed by atoms with E-state index in [0.717, 1.165) is 0 Å². The van der Waals surface area contributed by atoms with Crippen LogP contribution in [0.5, 0.6) is 0 Å². The highest BCUT2D eigenvalue weighted by Crippen LogP contribution is 2.57. The topological polar surface area (TPSA) is 26.1 Å². The van der Waals surface area contributed by atoms with Gasteiger partial charge in [0.2, 0.25) is 6.54 Å². The van der Waals surface area contributed by atoms with E-state index in [1.807, 2.05) is 21.6 Å². The van der Waals surface area contributed by atoms with Crippen molar-refractivity contribution in [3.63, 3.8) is 0 Å². The lowest BCUT2D eigenvalue weighted by Crippen LogP contribution is -2.39. The van der Waals surface area contributed by atoms with Crippen LogP contribution in [0, 0.1) is 6.57 Å². The molecule has 7 heteroatoms. The fourth-order valence-electron chi connectivity index (χ4n) is 2.97. The molecule has 3 atom stereocenters. The maximum Gasteiger partial charge on any atom is 0.259 e. The molecule has 0 N–H and O–H groups in total. The molecule has 2 rings (SSSR count). The van der Waals surface area contributed by atoms with Crippen LogP contribution in [0.4, 0.5) is 0 Å². The summed E-state index contributed by atoms with van der Waals surface area (Å²) in [6.45, 7) is 16.6. The van der Waals surface area contributed by atoms with Crippen LogP contribution in [-0.2, 0) is 9.05 Å². The van der Waals surface area contributed by atoms with E-state index in [4.69, 9.17) is 15.6 Å². The fraction of sp³-hybridized carbons (Fsp3) is 0.933. The third-order valence-corrected chi connectivity index (χ3v) is 9.43. The van der Waals surface area contributed by atoms with E-state index in [-0.39, 0.29) is 0 Å². The standard InChI is InChI=1S/C15H27N2O2PS2/c1-11(2)17(12(3)4)20(18-10-9-16-5)19-15-13-7-6-8-14(15)22-21-13/h11-15H,6-10H2,1-4H3. The molecule has 0 aromatic rings. The third kappa shape index (κ3) is 4.75. The lowest BCUT2D eigenvalue weighted by molar-refractivity contribution is 0.119. The first-order valence-corrected chi connectivity index (χ1v) is 11.5. The van der Waals surface area contributed by atoms with Crippen molar-refractivity contribution in [1.82, 2.24) is 4.67 Å². The van der Waals surface area contributed by atoms with Gasteiger partial charge in [0, 0.05) is 22.6 Å². The van der Waals surface area contributed by atoms with Gasteiger partial charge in [0.1, 0.15) is 6.61 Å². The van der Waals surface area contributed by atoms with Crippen LogP contribution in [0.25, 0.3) is 4.85 Å². The van der Waals surface area contributed by atoms with Gasteiger partial charge in [-0.05, 0) is 40.5 Å².